The number of amides is 2. The molecule has 0 aromatic heterocycles. The van der Waals surface area contributed by atoms with Gasteiger partial charge in [-0.25, -0.2) is 0 Å². The molecule has 2 aromatic carbocycles. The highest BCUT2D eigenvalue weighted by Crippen LogP contribution is 2.19. The molecule has 0 aliphatic carbocycles. The molecule has 0 unspecified atom stereocenters. The normalized spacial score (nSPS) is 11.9. The minimum Gasteiger partial charge on any atom is -0.354 e. The number of carbonyl (C=O) groups is 2. The van der Waals surface area contributed by atoms with Gasteiger partial charge in [-0.3, -0.25) is 9.59 Å². The number of thioether (sulfide) groups is 1. The average molecular weight is 491 g/mol. The van der Waals surface area contributed by atoms with Gasteiger partial charge in [0.05, 0.1) is 5.75 Å². The Balaban J connectivity index is 2.06. The van der Waals surface area contributed by atoms with Crippen molar-refractivity contribution in [2.45, 2.75) is 46.0 Å². The second-order valence-electron chi connectivity index (χ2n) is 7.88. The first-order chi connectivity index (χ1) is 14.3. The maximum atomic E-state index is 13.1. The van der Waals surface area contributed by atoms with Crippen molar-refractivity contribution in [3.8, 4) is 0 Å². The smallest absolute Gasteiger partial charge is 0.242 e. The summed E-state index contributed by atoms with van der Waals surface area (Å²) in [7, 11) is 0. The lowest BCUT2D eigenvalue weighted by molar-refractivity contribution is -0.138. The maximum Gasteiger partial charge on any atom is 0.242 e. The first-order valence-electron chi connectivity index (χ1n) is 10.2. The van der Waals surface area contributed by atoms with Gasteiger partial charge in [0, 0.05) is 23.3 Å². The van der Waals surface area contributed by atoms with Gasteiger partial charge in [0.25, 0.3) is 0 Å². The Hall–Kier alpha value is -1.79. The first-order valence-corrected chi connectivity index (χ1v) is 12.2. The van der Waals surface area contributed by atoms with Crippen LogP contribution in [0.5, 0.6) is 0 Å². The summed E-state index contributed by atoms with van der Waals surface area (Å²) in [6.07, 6.45) is 0. The van der Waals surface area contributed by atoms with Gasteiger partial charge in [-0.1, -0.05) is 66.2 Å². The summed E-state index contributed by atoms with van der Waals surface area (Å²) in [5, 5.41) is 2.95. The fraction of sp³-hybridized carbons (Fsp3) is 0.417. The number of nitrogens with one attached hydrogen (secondary N) is 1. The zero-order chi connectivity index (χ0) is 22.1. The molecule has 6 heteroatoms. The lowest BCUT2D eigenvalue weighted by atomic mass is 10.1. The molecule has 0 fully saturated rings. The number of benzene rings is 2. The Morgan fingerprint density at radius 1 is 1.07 bits per heavy atom. The highest BCUT2D eigenvalue weighted by molar-refractivity contribution is 9.10. The topological polar surface area (TPSA) is 49.4 Å². The van der Waals surface area contributed by atoms with E-state index in [2.05, 4.69) is 54.2 Å². The molecule has 2 amide bonds. The van der Waals surface area contributed by atoms with Crippen molar-refractivity contribution < 1.29 is 9.59 Å². The zero-order valence-corrected chi connectivity index (χ0v) is 20.6. The van der Waals surface area contributed by atoms with Crippen LogP contribution in [0.1, 0.15) is 37.5 Å². The standard InChI is InChI=1S/C24H31BrN2O2S/c1-17(2)13-26-24(29)19(4)27(14-20-9-11-22(25)12-10-20)23(28)16-30-15-21-8-6-5-7-18(21)3/h5-12,17,19H,13-16H2,1-4H3,(H,26,29)/t19-/m0/s1. The van der Waals surface area contributed by atoms with E-state index >= 15 is 0 Å². The number of hydrogen-bond acceptors (Lipinski definition) is 3. The van der Waals surface area contributed by atoms with Gasteiger partial charge in [-0.2, -0.15) is 0 Å². The molecular weight excluding hydrogens is 460 g/mol. The molecule has 0 aliphatic heterocycles. The van der Waals surface area contributed by atoms with E-state index in [4.69, 9.17) is 0 Å². The molecular formula is C24H31BrN2O2S. The van der Waals surface area contributed by atoms with Crippen molar-refractivity contribution in [3.05, 3.63) is 69.7 Å². The average Bonchev–Trinajstić information content (AvgIpc) is 2.72. The SMILES string of the molecule is Cc1ccccc1CSCC(=O)N(Cc1ccc(Br)cc1)[C@@H](C)C(=O)NCC(C)C. The van der Waals surface area contributed by atoms with Crippen LogP contribution in [0.3, 0.4) is 0 Å². The largest absolute Gasteiger partial charge is 0.354 e. The molecule has 0 aliphatic rings. The summed E-state index contributed by atoms with van der Waals surface area (Å²) in [6, 6.07) is 15.5. The molecule has 30 heavy (non-hydrogen) atoms. The van der Waals surface area contributed by atoms with E-state index < -0.39 is 6.04 Å². The molecule has 0 spiro atoms. The highest BCUT2D eigenvalue weighted by atomic mass is 79.9. The summed E-state index contributed by atoms with van der Waals surface area (Å²) in [4.78, 5) is 27.4. The molecule has 0 radical (unpaired) electrons. The molecule has 4 nitrogen and oxygen atoms in total. The summed E-state index contributed by atoms with van der Waals surface area (Å²) in [5.41, 5.74) is 3.46. The lowest BCUT2D eigenvalue weighted by Crippen LogP contribution is -2.48. The molecule has 1 N–H and O–H groups in total. The van der Waals surface area contributed by atoms with Crippen LogP contribution in [-0.2, 0) is 21.9 Å². The third-order valence-corrected chi connectivity index (χ3v) is 6.36. The van der Waals surface area contributed by atoms with E-state index in [0.717, 1.165) is 15.8 Å². The van der Waals surface area contributed by atoms with Gasteiger partial charge in [0.1, 0.15) is 6.04 Å². The second-order valence-corrected chi connectivity index (χ2v) is 9.78. The van der Waals surface area contributed by atoms with E-state index in [0.29, 0.717) is 24.8 Å². The zero-order valence-electron chi connectivity index (χ0n) is 18.2. The minimum absolute atomic E-state index is 0.0244. The Bertz CT molecular complexity index is 839. The van der Waals surface area contributed by atoms with E-state index in [1.807, 2.05) is 36.4 Å². The number of aryl methyl sites for hydroxylation is 1. The fourth-order valence-electron chi connectivity index (χ4n) is 2.92. The molecule has 1 atom stereocenters. The number of rotatable bonds is 10. The minimum atomic E-state index is -0.529. The lowest BCUT2D eigenvalue weighted by Gasteiger charge is -2.29. The van der Waals surface area contributed by atoms with Crippen LogP contribution >= 0.6 is 27.7 Å². The van der Waals surface area contributed by atoms with Crippen LogP contribution in [0.25, 0.3) is 0 Å². The Morgan fingerprint density at radius 3 is 2.37 bits per heavy atom. The fourth-order valence-corrected chi connectivity index (χ4v) is 4.18. The van der Waals surface area contributed by atoms with Gasteiger partial charge in [-0.05, 0) is 48.6 Å². The monoisotopic (exact) mass is 490 g/mol. The summed E-state index contributed by atoms with van der Waals surface area (Å²) in [6.45, 7) is 9.01. The third-order valence-electron chi connectivity index (χ3n) is 4.86. The molecule has 2 aromatic rings. The Labute approximate surface area is 192 Å². The number of carbonyl (C=O) groups excluding carboxylic acids is 2. The third kappa shape index (κ3) is 7.80. The van der Waals surface area contributed by atoms with Crippen molar-refractivity contribution in [1.29, 1.82) is 0 Å². The van der Waals surface area contributed by atoms with Crippen molar-refractivity contribution in [2.24, 2.45) is 5.92 Å². The predicted octanol–water partition coefficient (Wildman–Crippen LogP) is 5.18. The maximum absolute atomic E-state index is 13.1. The van der Waals surface area contributed by atoms with Crippen LogP contribution in [0, 0.1) is 12.8 Å². The predicted molar refractivity (Wildman–Crippen MR) is 129 cm³/mol. The quantitative estimate of drug-likeness (QED) is 0.498. The van der Waals surface area contributed by atoms with Gasteiger partial charge in [-0.15, -0.1) is 11.8 Å². The second kappa shape index (κ2) is 12.2. The van der Waals surface area contributed by atoms with Crippen LogP contribution in [0.4, 0.5) is 0 Å². The molecule has 0 saturated carbocycles. The summed E-state index contributed by atoms with van der Waals surface area (Å²) < 4.78 is 0.987. The van der Waals surface area contributed by atoms with Crippen molar-refractivity contribution in [3.63, 3.8) is 0 Å². The van der Waals surface area contributed by atoms with E-state index in [-0.39, 0.29) is 11.8 Å². The Morgan fingerprint density at radius 2 is 1.73 bits per heavy atom. The number of nitrogens with zero attached hydrogens (tertiary/aromatic N) is 1. The van der Waals surface area contributed by atoms with E-state index in [1.54, 1.807) is 23.6 Å². The molecule has 0 heterocycles. The van der Waals surface area contributed by atoms with Crippen LogP contribution in [-0.4, -0.2) is 35.1 Å². The van der Waals surface area contributed by atoms with E-state index in [9.17, 15) is 9.59 Å². The summed E-state index contributed by atoms with van der Waals surface area (Å²) >= 11 is 5.03. The molecule has 2 rings (SSSR count). The first kappa shape index (κ1) is 24.5. The number of halogens is 1. The van der Waals surface area contributed by atoms with Crippen LogP contribution in [0.2, 0.25) is 0 Å². The van der Waals surface area contributed by atoms with Gasteiger partial charge in [0.2, 0.25) is 11.8 Å². The van der Waals surface area contributed by atoms with Crippen LogP contribution < -0.4 is 5.32 Å². The highest BCUT2D eigenvalue weighted by Gasteiger charge is 2.26. The molecule has 162 valence electrons. The van der Waals surface area contributed by atoms with Crippen LogP contribution in [0.15, 0.2) is 53.0 Å². The Kier molecular flexibility index (Phi) is 9.92. The number of hydrogen-bond donors (Lipinski definition) is 1. The van der Waals surface area contributed by atoms with Gasteiger partial charge < -0.3 is 10.2 Å². The molecule has 0 bridgehead atoms. The molecule has 0 saturated heterocycles. The van der Waals surface area contributed by atoms with E-state index in [1.165, 1.54) is 11.1 Å². The van der Waals surface area contributed by atoms with Crippen molar-refractivity contribution >= 4 is 39.5 Å². The van der Waals surface area contributed by atoms with Gasteiger partial charge >= 0.3 is 0 Å². The van der Waals surface area contributed by atoms with Crippen molar-refractivity contribution in [2.75, 3.05) is 12.3 Å². The summed E-state index contributed by atoms with van der Waals surface area (Å²) in [5.74, 6) is 1.34. The van der Waals surface area contributed by atoms with Crippen molar-refractivity contribution in [1.82, 2.24) is 10.2 Å². The van der Waals surface area contributed by atoms with Gasteiger partial charge in [0.15, 0.2) is 0 Å².